The standard InChI is InChI=1S/C41H56N6O7/c1-32(2)35-15-17-36(18-16-35)43-27-38(49)46(23-25-53-3)30-40(51)45(22-20-34-13-9-6-10-14-34)29-41(52)47(24-26-54-4)31-39(50)44(28-37(42)48)21-19-33-11-7-5-8-12-33/h5-18,32,43H,19-31H2,1-4H3,(H2,42,48). The maximum Gasteiger partial charge on any atom is 0.242 e. The van der Waals surface area contributed by atoms with Gasteiger partial charge in [-0.15, -0.1) is 0 Å². The molecule has 0 aromatic heterocycles. The summed E-state index contributed by atoms with van der Waals surface area (Å²) in [5, 5.41) is 3.15. The van der Waals surface area contributed by atoms with Crippen LogP contribution in [0, 0.1) is 0 Å². The van der Waals surface area contributed by atoms with Gasteiger partial charge in [0, 0.05) is 46.1 Å². The molecule has 0 saturated heterocycles. The molecule has 13 nitrogen and oxygen atoms in total. The van der Waals surface area contributed by atoms with Crippen LogP contribution in [0.15, 0.2) is 84.9 Å². The Morgan fingerprint density at radius 1 is 0.574 bits per heavy atom. The number of nitrogens with two attached hydrogens (primary N) is 1. The molecule has 0 bridgehead atoms. The van der Waals surface area contributed by atoms with Crippen molar-refractivity contribution in [3.05, 3.63) is 102 Å². The zero-order chi connectivity index (χ0) is 39.3. The van der Waals surface area contributed by atoms with Crippen LogP contribution in [0.1, 0.15) is 36.5 Å². The van der Waals surface area contributed by atoms with Crippen LogP contribution in [-0.2, 0) is 46.3 Å². The second kappa shape index (κ2) is 23.4. The predicted molar refractivity (Wildman–Crippen MR) is 209 cm³/mol. The number of hydrogen-bond acceptors (Lipinski definition) is 8. The molecule has 3 aromatic carbocycles. The molecule has 0 fully saturated rings. The van der Waals surface area contributed by atoms with Gasteiger partial charge in [0.25, 0.3) is 0 Å². The van der Waals surface area contributed by atoms with Crippen LogP contribution in [0.25, 0.3) is 0 Å². The minimum Gasteiger partial charge on any atom is -0.383 e. The highest BCUT2D eigenvalue weighted by molar-refractivity contribution is 5.91. The molecule has 0 unspecified atom stereocenters. The predicted octanol–water partition coefficient (Wildman–Crippen LogP) is 2.80. The maximum atomic E-state index is 14.0. The molecule has 0 radical (unpaired) electrons. The number of carbonyl (C=O) groups excluding carboxylic acids is 5. The Hall–Kier alpha value is -5.27. The number of benzene rings is 3. The summed E-state index contributed by atoms with van der Waals surface area (Å²) < 4.78 is 10.5. The molecular formula is C41H56N6O7. The van der Waals surface area contributed by atoms with E-state index in [-0.39, 0.29) is 78.0 Å². The largest absolute Gasteiger partial charge is 0.383 e. The summed E-state index contributed by atoms with van der Waals surface area (Å²) in [7, 11) is 3.01. The third-order valence-corrected chi connectivity index (χ3v) is 8.91. The number of rotatable bonds is 24. The van der Waals surface area contributed by atoms with Crippen LogP contribution in [0.5, 0.6) is 0 Å². The molecule has 0 atom stereocenters. The van der Waals surface area contributed by atoms with Crippen molar-refractivity contribution in [3.8, 4) is 0 Å². The number of anilines is 1. The van der Waals surface area contributed by atoms with Gasteiger partial charge < -0.3 is 40.1 Å². The van der Waals surface area contributed by atoms with Crippen molar-refractivity contribution < 1.29 is 33.4 Å². The third-order valence-electron chi connectivity index (χ3n) is 8.91. The van der Waals surface area contributed by atoms with Crippen LogP contribution in [-0.4, -0.2) is 135 Å². The van der Waals surface area contributed by atoms with E-state index in [1.54, 1.807) is 0 Å². The second-order valence-corrected chi connectivity index (χ2v) is 13.3. The van der Waals surface area contributed by atoms with Gasteiger partial charge in [0.2, 0.25) is 29.5 Å². The third kappa shape index (κ3) is 15.4. The summed E-state index contributed by atoms with van der Waals surface area (Å²) in [6.45, 7) is 3.94. The smallest absolute Gasteiger partial charge is 0.242 e. The Kier molecular flexibility index (Phi) is 18.7. The summed E-state index contributed by atoms with van der Waals surface area (Å²) >= 11 is 0. The summed E-state index contributed by atoms with van der Waals surface area (Å²) in [6.07, 6.45) is 0.953. The van der Waals surface area contributed by atoms with Gasteiger partial charge in [-0.05, 0) is 47.6 Å². The van der Waals surface area contributed by atoms with Crippen molar-refractivity contribution in [2.45, 2.75) is 32.6 Å². The van der Waals surface area contributed by atoms with Gasteiger partial charge in [-0.2, -0.15) is 0 Å². The van der Waals surface area contributed by atoms with Crippen molar-refractivity contribution in [3.63, 3.8) is 0 Å². The first kappa shape index (κ1) is 43.1. The topological polar surface area (TPSA) is 155 Å². The van der Waals surface area contributed by atoms with E-state index >= 15 is 0 Å². The van der Waals surface area contributed by atoms with Crippen molar-refractivity contribution in [1.82, 2.24) is 19.6 Å². The van der Waals surface area contributed by atoms with Gasteiger partial charge in [-0.25, -0.2) is 0 Å². The number of primary amides is 1. The first-order valence-electron chi connectivity index (χ1n) is 18.3. The molecule has 3 rings (SSSR count). The first-order valence-corrected chi connectivity index (χ1v) is 18.3. The Morgan fingerprint density at radius 3 is 1.39 bits per heavy atom. The van der Waals surface area contributed by atoms with Crippen LogP contribution in [0.3, 0.4) is 0 Å². The lowest BCUT2D eigenvalue weighted by molar-refractivity contribution is -0.146. The summed E-state index contributed by atoms with van der Waals surface area (Å²) in [5.74, 6) is -1.97. The molecular weight excluding hydrogens is 688 g/mol. The molecule has 0 aliphatic rings. The molecule has 0 heterocycles. The molecule has 13 heteroatoms. The monoisotopic (exact) mass is 744 g/mol. The molecule has 0 aliphatic carbocycles. The lowest BCUT2D eigenvalue weighted by atomic mass is 10.0. The fraction of sp³-hybridized carbons (Fsp3) is 0.439. The van der Waals surface area contributed by atoms with Crippen LogP contribution in [0.2, 0.25) is 0 Å². The summed E-state index contributed by atoms with van der Waals surface area (Å²) in [4.78, 5) is 72.4. The number of hydrogen-bond donors (Lipinski definition) is 2. The molecule has 0 spiro atoms. The van der Waals surface area contributed by atoms with Crippen molar-refractivity contribution in [1.29, 1.82) is 0 Å². The van der Waals surface area contributed by atoms with Crippen molar-refractivity contribution in [2.24, 2.45) is 5.73 Å². The van der Waals surface area contributed by atoms with E-state index in [0.29, 0.717) is 18.8 Å². The number of carbonyl (C=O) groups is 5. The van der Waals surface area contributed by atoms with Crippen LogP contribution < -0.4 is 11.1 Å². The number of nitrogens with one attached hydrogen (secondary N) is 1. The van der Waals surface area contributed by atoms with E-state index in [0.717, 1.165) is 16.8 Å². The molecule has 292 valence electrons. The first-order chi connectivity index (χ1) is 26.0. The lowest BCUT2D eigenvalue weighted by Gasteiger charge is -2.31. The fourth-order valence-corrected chi connectivity index (χ4v) is 5.64. The van der Waals surface area contributed by atoms with E-state index < -0.39 is 23.6 Å². The number of methoxy groups -OCH3 is 2. The fourth-order valence-electron chi connectivity index (χ4n) is 5.64. The van der Waals surface area contributed by atoms with E-state index in [1.165, 1.54) is 39.4 Å². The average molecular weight is 745 g/mol. The zero-order valence-electron chi connectivity index (χ0n) is 32.1. The van der Waals surface area contributed by atoms with E-state index in [4.69, 9.17) is 15.2 Å². The highest BCUT2D eigenvalue weighted by Gasteiger charge is 2.27. The van der Waals surface area contributed by atoms with Crippen molar-refractivity contribution >= 4 is 35.2 Å². The van der Waals surface area contributed by atoms with Crippen molar-refractivity contribution in [2.75, 3.05) is 91.7 Å². The Balaban J connectivity index is 1.77. The highest BCUT2D eigenvalue weighted by Crippen LogP contribution is 2.17. The van der Waals surface area contributed by atoms with E-state index in [9.17, 15) is 24.0 Å². The van der Waals surface area contributed by atoms with Crippen LogP contribution >= 0.6 is 0 Å². The quantitative estimate of drug-likeness (QED) is 0.142. The van der Waals surface area contributed by atoms with Gasteiger partial charge in [0.1, 0.15) is 0 Å². The SMILES string of the molecule is COCCN(CC(=O)N(CCc1ccccc1)CC(=O)N(CCOC)CC(=O)N(CCc1ccccc1)CC(N)=O)C(=O)CNc1ccc(C(C)C)cc1. The van der Waals surface area contributed by atoms with Gasteiger partial charge in [-0.3, -0.25) is 24.0 Å². The normalized spacial score (nSPS) is 10.8. The molecule has 3 N–H and O–H groups in total. The van der Waals surface area contributed by atoms with Gasteiger partial charge >= 0.3 is 0 Å². The number of ether oxygens (including phenoxy) is 2. The van der Waals surface area contributed by atoms with Gasteiger partial charge in [0.15, 0.2) is 0 Å². The maximum absolute atomic E-state index is 14.0. The molecule has 54 heavy (non-hydrogen) atoms. The number of amides is 5. The van der Waals surface area contributed by atoms with Gasteiger partial charge in [0.05, 0.1) is 45.9 Å². The minimum absolute atomic E-state index is 0.0417. The lowest BCUT2D eigenvalue weighted by Crippen LogP contribution is -2.52. The second-order valence-electron chi connectivity index (χ2n) is 13.3. The zero-order valence-corrected chi connectivity index (χ0v) is 32.1. The highest BCUT2D eigenvalue weighted by atomic mass is 16.5. The Bertz CT molecular complexity index is 1610. The molecule has 0 aliphatic heterocycles. The van der Waals surface area contributed by atoms with Gasteiger partial charge in [-0.1, -0.05) is 86.6 Å². The van der Waals surface area contributed by atoms with E-state index in [2.05, 4.69) is 19.2 Å². The molecule has 5 amide bonds. The van der Waals surface area contributed by atoms with Crippen LogP contribution in [0.4, 0.5) is 5.69 Å². The molecule has 3 aromatic rings. The average Bonchev–Trinajstić information content (AvgIpc) is 3.17. The Labute approximate surface area is 319 Å². The summed E-state index contributed by atoms with van der Waals surface area (Å²) in [6, 6.07) is 26.9. The Morgan fingerprint density at radius 2 is 0.981 bits per heavy atom. The van der Waals surface area contributed by atoms with E-state index in [1.807, 2.05) is 84.9 Å². The number of nitrogens with zero attached hydrogens (tertiary/aromatic N) is 4. The molecule has 0 saturated carbocycles. The summed E-state index contributed by atoms with van der Waals surface area (Å²) in [5.41, 5.74) is 9.40. The minimum atomic E-state index is -0.671.